The summed E-state index contributed by atoms with van der Waals surface area (Å²) in [5, 5.41) is 8.23. The number of alkyl halides is 5. The smallest absolute Gasteiger partial charge is 0.426 e. The van der Waals surface area contributed by atoms with Crippen LogP contribution in [0.3, 0.4) is 0 Å². The summed E-state index contributed by atoms with van der Waals surface area (Å²) < 4.78 is 63.4. The lowest BCUT2D eigenvalue weighted by molar-refractivity contribution is -0.144. The Bertz CT molecular complexity index is 848. The molecule has 1 heterocycles. The first-order valence-corrected chi connectivity index (χ1v) is 9.06. The first kappa shape index (κ1) is 22.0. The summed E-state index contributed by atoms with van der Waals surface area (Å²) in [5.74, 6) is 2.83. The summed E-state index contributed by atoms with van der Waals surface area (Å²) in [4.78, 5) is 11.7. The number of carbonyl (C=O) groups is 1. The highest BCUT2D eigenvalue weighted by Gasteiger charge is 2.74. The molecule has 2 rings (SSSR count). The maximum atomic E-state index is 12.7. The van der Waals surface area contributed by atoms with Gasteiger partial charge in [-0.1, -0.05) is 55.0 Å². The van der Waals surface area contributed by atoms with Crippen LogP contribution in [0, 0.1) is 28.6 Å². The Morgan fingerprint density at radius 1 is 1.44 bits per heavy atom. The van der Waals surface area contributed by atoms with Crippen molar-refractivity contribution in [2.45, 2.75) is 32.9 Å². The highest BCUT2D eigenvalue weighted by atomic mass is 35.5. The average molecular weight is 447 g/mol. The van der Waals surface area contributed by atoms with Crippen LogP contribution in [-0.4, -0.2) is 17.3 Å². The van der Waals surface area contributed by atoms with E-state index in [1.165, 1.54) is 13.8 Å². The predicted octanol–water partition coefficient (Wildman–Crippen LogP) is 6.49. The van der Waals surface area contributed by atoms with Gasteiger partial charge in [-0.05, 0) is 11.5 Å². The number of thiophene rings is 1. The van der Waals surface area contributed by atoms with Gasteiger partial charge >= 0.3 is 12.1 Å². The molecule has 1 aromatic rings. The molecule has 1 saturated carbocycles. The van der Waals surface area contributed by atoms with E-state index in [0.29, 0.717) is 17.4 Å². The van der Waals surface area contributed by atoms with Crippen molar-refractivity contribution in [3.63, 3.8) is 0 Å². The Hall–Kier alpha value is -1.30. The van der Waals surface area contributed by atoms with Gasteiger partial charge in [-0.3, -0.25) is 4.79 Å². The maximum Gasteiger partial charge on any atom is 0.426 e. The molecule has 0 unspecified atom stereocenters. The summed E-state index contributed by atoms with van der Waals surface area (Å²) in [6.07, 6.45) is -7.07. The third-order valence-electron chi connectivity index (χ3n) is 4.83. The third kappa shape index (κ3) is 3.96. The molecule has 0 aliphatic heterocycles. The number of hydrogen-bond acceptors (Lipinski definition) is 2. The number of allylic oxidation sites excluding steroid dienone is 2. The minimum Gasteiger partial charge on any atom is -0.481 e. The largest absolute Gasteiger partial charge is 0.481 e. The van der Waals surface area contributed by atoms with Crippen molar-refractivity contribution in [2.75, 3.05) is 0 Å². The van der Waals surface area contributed by atoms with E-state index >= 15 is 0 Å². The minimum absolute atomic E-state index is 0.0128. The van der Waals surface area contributed by atoms with E-state index in [2.05, 4.69) is 11.8 Å². The normalized spacial score (nSPS) is 24.5. The zero-order valence-electron chi connectivity index (χ0n) is 13.9. The lowest BCUT2D eigenvalue weighted by atomic mass is 9.92. The van der Waals surface area contributed by atoms with Crippen LogP contribution in [0.25, 0.3) is 0 Å². The topological polar surface area (TPSA) is 37.3 Å². The lowest BCUT2D eigenvalue weighted by Crippen LogP contribution is -2.21. The van der Waals surface area contributed by atoms with Crippen LogP contribution in [0.5, 0.6) is 0 Å². The molecule has 0 aromatic carbocycles. The van der Waals surface area contributed by atoms with Crippen LogP contribution in [0.1, 0.15) is 36.4 Å². The maximum absolute atomic E-state index is 12.7. The first-order valence-electron chi connectivity index (χ1n) is 7.49. The van der Waals surface area contributed by atoms with Gasteiger partial charge in [-0.25, -0.2) is 8.78 Å². The summed E-state index contributed by atoms with van der Waals surface area (Å²) in [6.45, 7) is 3.02. The molecular formula is C17H13Cl2F5O2S. The lowest BCUT2D eigenvalue weighted by Gasteiger charge is -2.11. The molecule has 1 N–H and O–H groups in total. The Kier molecular flexibility index (Phi) is 5.92. The fraction of sp³-hybridized carbons (Fsp3) is 0.471. The van der Waals surface area contributed by atoms with Gasteiger partial charge in [0.1, 0.15) is 5.03 Å². The average Bonchev–Trinajstić information content (AvgIpc) is 2.80. The molecule has 0 bridgehead atoms. The molecule has 0 saturated heterocycles. The van der Waals surface area contributed by atoms with Crippen LogP contribution < -0.4 is 0 Å². The molecule has 1 aliphatic rings. The third-order valence-corrected chi connectivity index (χ3v) is 6.64. The molecule has 27 heavy (non-hydrogen) atoms. The molecule has 2 atom stereocenters. The van der Waals surface area contributed by atoms with E-state index in [-0.39, 0.29) is 21.2 Å². The fourth-order valence-electron chi connectivity index (χ4n) is 3.15. The minimum atomic E-state index is -4.77. The van der Waals surface area contributed by atoms with Crippen molar-refractivity contribution in [2.24, 2.45) is 16.7 Å². The van der Waals surface area contributed by atoms with Gasteiger partial charge < -0.3 is 5.11 Å². The number of carboxylic acids is 1. The van der Waals surface area contributed by atoms with Crippen molar-refractivity contribution < 1.29 is 31.9 Å². The Balaban J connectivity index is 2.31. The molecule has 2 nitrogen and oxygen atoms in total. The van der Waals surface area contributed by atoms with Crippen LogP contribution in [0.4, 0.5) is 22.0 Å². The second-order valence-electron chi connectivity index (χ2n) is 6.59. The second kappa shape index (κ2) is 7.26. The van der Waals surface area contributed by atoms with E-state index in [0.717, 1.165) is 6.07 Å². The van der Waals surface area contributed by atoms with Crippen LogP contribution >= 0.6 is 34.5 Å². The highest BCUT2D eigenvalue weighted by molar-refractivity contribution is 7.13. The van der Waals surface area contributed by atoms with Gasteiger partial charge in [0, 0.05) is 12.3 Å². The molecular weight excluding hydrogens is 434 g/mol. The summed E-state index contributed by atoms with van der Waals surface area (Å²) in [7, 11) is 0. The summed E-state index contributed by atoms with van der Waals surface area (Å²) in [6, 6.07) is 1.07. The Labute approximate surface area is 166 Å². The zero-order chi connectivity index (χ0) is 20.8. The van der Waals surface area contributed by atoms with Gasteiger partial charge in [0.2, 0.25) is 0 Å². The number of halogens is 7. The van der Waals surface area contributed by atoms with Crippen molar-refractivity contribution in [1.82, 2.24) is 0 Å². The van der Waals surface area contributed by atoms with E-state index < -0.39 is 40.4 Å². The van der Waals surface area contributed by atoms with Crippen LogP contribution in [0.15, 0.2) is 17.2 Å². The number of rotatable bonds is 4. The molecule has 1 aromatic heterocycles. The predicted molar refractivity (Wildman–Crippen MR) is 93.1 cm³/mol. The van der Waals surface area contributed by atoms with Crippen molar-refractivity contribution in [3.8, 4) is 11.8 Å². The molecule has 1 aliphatic carbocycles. The quantitative estimate of drug-likeness (QED) is 0.423. The van der Waals surface area contributed by atoms with Crippen LogP contribution in [-0.2, 0) is 4.79 Å². The Morgan fingerprint density at radius 2 is 2.04 bits per heavy atom. The second-order valence-corrected chi connectivity index (χ2v) is 8.49. The molecule has 10 heteroatoms. The van der Waals surface area contributed by atoms with E-state index in [9.17, 15) is 31.9 Å². The van der Waals surface area contributed by atoms with Gasteiger partial charge in [0.25, 0.3) is 6.43 Å². The molecule has 0 radical (unpaired) electrons. The standard InChI is InChI=1S/C17H13Cl2F5O2S/c1-15(2)11(7-12(19)17(22,23)24)16(15,14(25)26)5-3-4-9-8(18)6-10(27-9)13(20)21/h6-7,11,13H,5H2,1-2H3,(H,25,26)/b12-7-/t11-,16+/m1/s1. The number of carboxylic acid groups (broad SMARTS) is 1. The number of hydrogen-bond donors (Lipinski definition) is 1. The van der Waals surface area contributed by atoms with E-state index in [4.69, 9.17) is 23.2 Å². The van der Waals surface area contributed by atoms with Crippen molar-refractivity contribution in [3.05, 3.63) is 32.0 Å². The summed E-state index contributed by atoms with van der Waals surface area (Å²) >= 11 is 11.8. The van der Waals surface area contributed by atoms with Crippen molar-refractivity contribution in [1.29, 1.82) is 0 Å². The molecule has 0 spiro atoms. The first-order chi connectivity index (χ1) is 12.2. The fourth-order valence-corrected chi connectivity index (χ4v) is 4.40. The molecule has 148 valence electrons. The van der Waals surface area contributed by atoms with E-state index in [1.807, 2.05) is 0 Å². The van der Waals surface area contributed by atoms with Crippen LogP contribution in [0.2, 0.25) is 5.02 Å². The van der Waals surface area contributed by atoms with Crippen molar-refractivity contribution >= 4 is 40.5 Å². The summed E-state index contributed by atoms with van der Waals surface area (Å²) in [5.41, 5.74) is -2.59. The molecule has 0 amide bonds. The SMILES string of the molecule is CC1(C)[C@@H](/C=C(\Cl)C(F)(F)F)[C@@]1(CC#Cc1sc(C(F)F)cc1Cl)C(=O)O. The van der Waals surface area contributed by atoms with Gasteiger partial charge in [-0.15, -0.1) is 11.3 Å². The monoisotopic (exact) mass is 446 g/mol. The molecule has 1 fully saturated rings. The van der Waals surface area contributed by atoms with E-state index in [1.54, 1.807) is 0 Å². The highest BCUT2D eigenvalue weighted by Crippen LogP contribution is 2.72. The number of aliphatic carboxylic acids is 1. The van der Waals surface area contributed by atoms with Gasteiger partial charge in [0.15, 0.2) is 0 Å². The van der Waals surface area contributed by atoms with Gasteiger partial charge in [-0.2, -0.15) is 13.2 Å². The Morgan fingerprint density at radius 3 is 2.48 bits per heavy atom. The van der Waals surface area contributed by atoms with Gasteiger partial charge in [0.05, 0.1) is 20.2 Å². The zero-order valence-corrected chi connectivity index (χ0v) is 16.3.